The molecule has 2 aromatic carbocycles. The van der Waals surface area contributed by atoms with Gasteiger partial charge >= 0.3 is 0 Å². The third kappa shape index (κ3) is 3.14. The molecule has 3 nitrogen and oxygen atoms in total. The standard InChI is InChI=1S/C18H20N2O/c19-17(11-10-14-6-2-1-3-7-14)18(21)20-12-15-8-4-5-9-16(15)13-20/h1-9,17H,10-13,19H2/t17-/m0/s1. The maximum atomic E-state index is 12.4. The number of carbonyl (C=O) groups excluding carboxylic acids is 1. The monoisotopic (exact) mass is 280 g/mol. The zero-order valence-electron chi connectivity index (χ0n) is 12.0. The molecule has 0 unspecified atom stereocenters. The Morgan fingerprint density at radius 2 is 1.57 bits per heavy atom. The Hall–Kier alpha value is -2.13. The molecule has 0 bridgehead atoms. The summed E-state index contributed by atoms with van der Waals surface area (Å²) in [6.45, 7) is 1.38. The zero-order valence-corrected chi connectivity index (χ0v) is 12.0. The van der Waals surface area contributed by atoms with Crippen LogP contribution in [0.25, 0.3) is 0 Å². The molecule has 1 amide bonds. The summed E-state index contributed by atoms with van der Waals surface area (Å²) in [7, 11) is 0. The molecule has 108 valence electrons. The summed E-state index contributed by atoms with van der Waals surface area (Å²) in [5.41, 5.74) is 9.79. The van der Waals surface area contributed by atoms with Gasteiger partial charge in [-0.05, 0) is 29.5 Å². The minimum absolute atomic E-state index is 0.0575. The highest BCUT2D eigenvalue weighted by Crippen LogP contribution is 2.23. The molecule has 0 fully saturated rings. The largest absolute Gasteiger partial charge is 0.333 e. The summed E-state index contributed by atoms with van der Waals surface area (Å²) >= 11 is 0. The Balaban J connectivity index is 1.56. The summed E-state index contributed by atoms with van der Waals surface area (Å²) in [6, 6.07) is 17.9. The normalized spacial score (nSPS) is 14.8. The van der Waals surface area contributed by atoms with Crippen molar-refractivity contribution >= 4 is 5.91 Å². The van der Waals surface area contributed by atoms with Gasteiger partial charge in [-0.2, -0.15) is 0 Å². The first-order chi connectivity index (χ1) is 10.2. The van der Waals surface area contributed by atoms with Gasteiger partial charge in [-0.15, -0.1) is 0 Å². The maximum Gasteiger partial charge on any atom is 0.240 e. The van der Waals surface area contributed by atoms with Gasteiger partial charge in [0.25, 0.3) is 0 Å². The van der Waals surface area contributed by atoms with Crippen molar-refractivity contribution in [2.45, 2.75) is 32.0 Å². The molecule has 3 rings (SSSR count). The van der Waals surface area contributed by atoms with E-state index in [4.69, 9.17) is 5.73 Å². The number of benzene rings is 2. The lowest BCUT2D eigenvalue weighted by Crippen LogP contribution is -2.41. The van der Waals surface area contributed by atoms with Gasteiger partial charge in [-0.25, -0.2) is 0 Å². The Morgan fingerprint density at radius 3 is 2.19 bits per heavy atom. The van der Waals surface area contributed by atoms with Crippen LogP contribution in [-0.4, -0.2) is 16.8 Å². The molecule has 0 saturated carbocycles. The molecule has 0 radical (unpaired) electrons. The molecule has 2 N–H and O–H groups in total. The molecule has 2 aromatic rings. The van der Waals surface area contributed by atoms with Crippen LogP contribution >= 0.6 is 0 Å². The number of amides is 1. The lowest BCUT2D eigenvalue weighted by molar-refractivity contribution is -0.133. The first-order valence-electron chi connectivity index (χ1n) is 7.39. The van der Waals surface area contributed by atoms with Crippen molar-refractivity contribution in [1.82, 2.24) is 4.90 Å². The van der Waals surface area contributed by atoms with E-state index in [0.29, 0.717) is 19.5 Å². The molecule has 0 aliphatic carbocycles. The van der Waals surface area contributed by atoms with Gasteiger partial charge in [-0.1, -0.05) is 54.6 Å². The van der Waals surface area contributed by atoms with Crippen LogP contribution in [0.4, 0.5) is 0 Å². The number of fused-ring (bicyclic) bond motifs is 1. The number of rotatable bonds is 4. The molecule has 1 aliphatic rings. The van der Waals surface area contributed by atoms with Gasteiger partial charge in [0.05, 0.1) is 6.04 Å². The third-order valence-electron chi connectivity index (χ3n) is 4.06. The van der Waals surface area contributed by atoms with Gasteiger partial charge in [0.15, 0.2) is 0 Å². The van der Waals surface area contributed by atoms with Crippen LogP contribution in [0.2, 0.25) is 0 Å². The van der Waals surface area contributed by atoms with E-state index in [1.165, 1.54) is 16.7 Å². The smallest absolute Gasteiger partial charge is 0.240 e. The van der Waals surface area contributed by atoms with E-state index in [9.17, 15) is 4.79 Å². The van der Waals surface area contributed by atoms with Gasteiger partial charge in [-0.3, -0.25) is 4.79 Å². The second-order valence-electron chi connectivity index (χ2n) is 5.59. The van der Waals surface area contributed by atoms with E-state index in [1.54, 1.807) is 0 Å². The van der Waals surface area contributed by atoms with Crippen molar-refractivity contribution in [3.8, 4) is 0 Å². The highest BCUT2D eigenvalue weighted by Gasteiger charge is 2.26. The van der Waals surface area contributed by atoms with Gasteiger partial charge in [0, 0.05) is 13.1 Å². The van der Waals surface area contributed by atoms with Crippen LogP contribution in [0.1, 0.15) is 23.1 Å². The molecule has 1 aliphatic heterocycles. The van der Waals surface area contributed by atoms with Gasteiger partial charge in [0.2, 0.25) is 5.91 Å². The van der Waals surface area contributed by atoms with Crippen LogP contribution in [0.15, 0.2) is 54.6 Å². The number of hydrogen-bond acceptors (Lipinski definition) is 2. The predicted molar refractivity (Wildman–Crippen MR) is 83.4 cm³/mol. The first-order valence-corrected chi connectivity index (χ1v) is 7.39. The maximum absolute atomic E-state index is 12.4. The Bertz CT molecular complexity index is 599. The fraction of sp³-hybridized carbons (Fsp3) is 0.278. The molecule has 0 aromatic heterocycles. The van der Waals surface area contributed by atoms with Crippen molar-refractivity contribution in [1.29, 1.82) is 0 Å². The predicted octanol–water partition coefficient (Wildman–Crippen LogP) is 2.49. The summed E-state index contributed by atoms with van der Waals surface area (Å²) < 4.78 is 0. The average molecular weight is 280 g/mol. The molecule has 1 atom stereocenters. The Kier molecular flexibility index (Phi) is 4.02. The average Bonchev–Trinajstić information content (AvgIpc) is 2.97. The molecule has 0 saturated heterocycles. The number of carbonyl (C=O) groups is 1. The first kappa shape index (κ1) is 13.8. The van der Waals surface area contributed by atoms with Crippen molar-refractivity contribution in [2.75, 3.05) is 0 Å². The van der Waals surface area contributed by atoms with Crippen LogP contribution in [-0.2, 0) is 24.3 Å². The number of nitrogens with zero attached hydrogens (tertiary/aromatic N) is 1. The highest BCUT2D eigenvalue weighted by molar-refractivity contribution is 5.82. The van der Waals surface area contributed by atoms with E-state index < -0.39 is 6.04 Å². The highest BCUT2D eigenvalue weighted by atomic mass is 16.2. The lowest BCUT2D eigenvalue weighted by Gasteiger charge is -2.20. The van der Waals surface area contributed by atoms with Crippen LogP contribution in [0.5, 0.6) is 0 Å². The summed E-state index contributed by atoms with van der Waals surface area (Å²) in [4.78, 5) is 14.3. The van der Waals surface area contributed by atoms with Crippen molar-refractivity contribution in [2.24, 2.45) is 5.73 Å². The zero-order chi connectivity index (χ0) is 14.7. The number of hydrogen-bond donors (Lipinski definition) is 1. The van der Waals surface area contributed by atoms with E-state index in [-0.39, 0.29) is 5.91 Å². The van der Waals surface area contributed by atoms with Crippen LogP contribution in [0, 0.1) is 0 Å². The second kappa shape index (κ2) is 6.10. The summed E-state index contributed by atoms with van der Waals surface area (Å²) in [6.07, 6.45) is 1.53. The van der Waals surface area contributed by atoms with E-state index >= 15 is 0 Å². The lowest BCUT2D eigenvalue weighted by atomic mass is 10.1. The molecule has 0 spiro atoms. The topological polar surface area (TPSA) is 46.3 Å². The SMILES string of the molecule is N[C@@H](CCc1ccccc1)C(=O)N1Cc2ccccc2C1. The second-order valence-corrected chi connectivity index (χ2v) is 5.59. The molecule has 21 heavy (non-hydrogen) atoms. The minimum atomic E-state index is -0.417. The van der Waals surface area contributed by atoms with E-state index in [2.05, 4.69) is 24.3 Å². The quantitative estimate of drug-likeness (QED) is 0.935. The molecular weight excluding hydrogens is 260 g/mol. The van der Waals surface area contributed by atoms with Gasteiger partial charge < -0.3 is 10.6 Å². The van der Waals surface area contributed by atoms with Crippen molar-refractivity contribution < 1.29 is 4.79 Å². The molecule has 3 heteroatoms. The molecular formula is C18H20N2O. The fourth-order valence-corrected chi connectivity index (χ4v) is 2.81. The van der Waals surface area contributed by atoms with E-state index in [1.807, 2.05) is 35.2 Å². The van der Waals surface area contributed by atoms with Crippen molar-refractivity contribution in [3.63, 3.8) is 0 Å². The summed E-state index contributed by atoms with van der Waals surface area (Å²) in [5.74, 6) is 0.0575. The van der Waals surface area contributed by atoms with Crippen LogP contribution in [0.3, 0.4) is 0 Å². The third-order valence-corrected chi connectivity index (χ3v) is 4.06. The van der Waals surface area contributed by atoms with Crippen LogP contribution < -0.4 is 5.73 Å². The molecule has 1 heterocycles. The Morgan fingerprint density at radius 1 is 1.00 bits per heavy atom. The van der Waals surface area contributed by atoms with Gasteiger partial charge in [0.1, 0.15) is 0 Å². The van der Waals surface area contributed by atoms with E-state index in [0.717, 1.165) is 6.42 Å². The number of aryl methyl sites for hydroxylation is 1. The summed E-state index contributed by atoms with van der Waals surface area (Å²) in [5, 5.41) is 0. The fourth-order valence-electron chi connectivity index (χ4n) is 2.81. The van der Waals surface area contributed by atoms with Crippen molar-refractivity contribution in [3.05, 3.63) is 71.3 Å². The minimum Gasteiger partial charge on any atom is -0.333 e. The Labute approximate surface area is 125 Å². The number of nitrogens with two attached hydrogens (primary N) is 1.